The molecular formula is C9H9F5N2. The maximum atomic E-state index is 12.6. The molecule has 1 heterocycles. The van der Waals surface area contributed by atoms with Crippen molar-refractivity contribution >= 4 is 13.2 Å². The van der Waals surface area contributed by atoms with E-state index in [9.17, 15) is 22.0 Å². The van der Waals surface area contributed by atoms with Gasteiger partial charge in [0, 0.05) is 18.2 Å². The number of rotatable bonds is 3. The van der Waals surface area contributed by atoms with E-state index in [1.54, 1.807) is 0 Å². The lowest BCUT2D eigenvalue weighted by Gasteiger charge is -2.19. The highest BCUT2D eigenvalue weighted by molar-refractivity contribution is 5.06. The molecule has 90 valence electrons. The van der Waals surface area contributed by atoms with Crippen molar-refractivity contribution < 1.29 is 22.0 Å². The topological polar surface area (TPSA) is 17.8 Å². The van der Waals surface area contributed by atoms with E-state index in [4.69, 9.17) is 0 Å². The summed E-state index contributed by atoms with van der Waals surface area (Å²) in [7, 11) is 0. The zero-order valence-corrected chi connectivity index (χ0v) is 8.19. The summed E-state index contributed by atoms with van der Waals surface area (Å²) in [5, 5.41) is 4.22. The van der Waals surface area contributed by atoms with Crippen LogP contribution in [0.3, 0.4) is 0 Å². The molecule has 16 heavy (non-hydrogen) atoms. The first-order valence-corrected chi connectivity index (χ1v) is 4.29. The Balaban J connectivity index is 2.76. The van der Waals surface area contributed by atoms with Crippen LogP contribution in [0, 0.1) is 0 Å². The molecule has 7 heteroatoms. The molecular weight excluding hydrogens is 231 g/mol. The summed E-state index contributed by atoms with van der Waals surface area (Å²) in [6, 6.07) is 0. The maximum absolute atomic E-state index is 12.6. The maximum Gasteiger partial charge on any atom is 0.453 e. The van der Waals surface area contributed by atoms with Crippen molar-refractivity contribution in [2.45, 2.75) is 25.1 Å². The third kappa shape index (κ3) is 2.40. The van der Waals surface area contributed by atoms with E-state index < -0.39 is 25.1 Å². The fourth-order valence-corrected chi connectivity index (χ4v) is 1.03. The number of hydrogen-bond acceptors (Lipinski definition) is 1. The van der Waals surface area contributed by atoms with Crippen molar-refractivity contribution in [3.8, 4) is 0 Å². The Morgan fingerprint density at radius 2 is 1.75 bits per heavy atom. The SMILES string of the molecule is C=c1cnn(CCC(F)(F)C(F)(F)F)c1=C. The average Bonchev–Trinajstić information content (AvgIpc) is 2.43. The van der Waals surface area contributed by atoms with E-state index in [1.807, 2.05) is 0 Å². The molecule has 0 bridgehead atoms. The second kappa shape index (κ2) is 3.88. The van der Waals surface area contributed by atoms with E-state index in [0.29, 0.717) is 5.22 Å². The first kappa shape index (κ1) is 12.7. The van der Waals surface area contributed by atoms with Gasteiger partial charge in [0.15, 0.2) is 0 Å². The fourth-order valence-electron chi connectivity index (χ4n) is 1.03. The van der Waals surface area contributed by atoms with Crippen LogP contribution in [0.4, 0.5) is 22.0 Å². The predicted molar refractivity (Wildman–Crippen MR) is 48.1 cm³/mol. The molecule has 0 saturated heterocycles. The summed E-state index contributed by atoms with van der Waals surface area (Å²) < 4.78 is 61.6. The first-order chi connectivity index (χ1) is 7.15. The molecule has 0 aliphatic rings. The zero-order valence-electron chi connectivity index (χ0n) is 8.19. The van der Waals surface area contributed by atoms with Crippen LogP contribution in [0.5, 0.6) is 0 Å². The van der Waals surface area contributed by atoms with Gasteiger partial charge in [-0.2, -0.15) is 27.1 Å². The van der Waals surface area contributed by atoms with Gasteiger partial charge in [-0.3, -0.25) is 4.68 Å². The molecule has 0 saturated carbocycles. The highest BCUT2D eigenvalue weighted by Crippen LogP contribution is 2.38. The monoisotopic (exact) mass is 240 g/mol. The number of halogens is 5. The van der Waals surface area contributed by atoms with Crippen molar-refractivity contribution in [2.24, 2.45) is 0 Å². The normalized spacial score (nSPS) is 13.1. The van der Waals surface area contributed by atoms with E-state index in [2.05, 4.69) is 18.3 Å². The molecule has 2 nitrogen and oxygen atoms in total. The van der Waals surface area contributed by atoms with Gasteiger partial charge in [0.2, 0.25) is 0 Å². The summed E-state index contributed by atoms with van der Waals surface area (Å²) >= 11 is 0. The van der Waals surface area contributed by atoms with Gasteiger partial charge in [-0.1, -0.05) is 13.2 Å². The Hall–Kier alpha value is -1.40. The number of nitrogens with zero attached hydrogens (tertiary/aromatic N) is 2. The Labute approximate surface area is 87.7 Å². The second-order valence-electron chi connectivity index (χ2n) is 3.29. The largest absolute Gasteiger partial charge is 0.453 e. The van der Waals surface area contributed by atoms with Crippen LogP contribution >= 0.6 is 0 Å². The Morgan fingerprint density at radius 1 is 1.19 bits per heavy atom. The van der Waals surface area contributed by atoms with Gasteiger partial charge in [-0.05, 0) is 0 Å². The molecule has 1 aromatic rings. The number of aryl methyl sites for hydroxylation is 1. The van der Waals surface area contributed by atoms with Crippen LogP contribution in [-0.2, 0) is 6.54 Å². The average molecular weight is 240 g/mol. The van der Waals surface area contributed by atoms with Crippen molar-refractivity contribution in [1.82, 2.24) is 9.78 Å². The lowest BCUT2D eigenvalue weighted by atomic mass is 10.2. The van der Waals surface area contributed by atoms with Gasteiger partial charge in [0.1, 0.15) is 0 Å². The van der Waals surface area contributed by atoms with Crippen molar-refractivity contribution in [2.75, 3.05) is 0 Å². The Kier molecular flexibility index (Phi) is 3.07. The molecule has 0 aliphatic heterocycles. The molecule has 0 radical (unpaired) electrons. The van der Waals surface area contributed by atoms with Gasteiger partial charge >= 0.3 is 12.1 Å². The molecule has 0 aromatic carbocycles. The van der Waals surface area contributed by atoms with Crippen LogP contribution in [0.25, 0.3) is 13.2 Å². The van der Waals surface area contributed by atoms with Crippen LogP contribution in [0.1, 0.15) is 6.42 Å². The van der Waals surface area contributed by atoms with Gasteiger partial charge < -0.3 is 0 Å². The summed E-state index contributed by atoms with van der Waals surface area (Å²) in [5.41, 5.74) is 0. The minimum absolute atomic E-state index is 0.234. The van der Waals surface area contributed by atoms with E-state index >= 15 is 0 Å². The molecule has 1 rings (SSSR count). The second-order valence-corrected chi connectivity index (χ2v) is 3.29. The van der Waals surface area contributed by atoms with Gasteiger partial charge in [0.25, 0.3) is 0 Å². The third-order valence-corrected chi connectivity index (χ3v) is 2.09. The number of hydrogen-bond donors (Lipinski definition) is 0. The van der Waals surface area contributed by atoms with Crippen LogP contribution in [0.15, 0.2) is 6.20 Å². The minimum Gasteiger partial charge on any atom is -0.265 e. The number of alkyl halides is 5. The molecule has 0 spiro atoms. The van der Waals surface area contributed by atoms with Gasteiger partial charge in [-0.25, -0.2) is 0 Å². The first-order valence-electron chi connectivity index (χ1n) is 4.29. The highest BCUT2D eigenvalue weighted by Gasteiger charge is 2.56. The summed E-state index contributed by atoms with van der Waals surface area (Å²) in [5.74, 6) is -4.72. The smallest absolute Gasteiger partial charge is 0.265 e. The van der Waals surface area contributed by atoms with Gasteiger partial charge in [-0.15, -0.1) is 0 Å². The van der Waals surface area contributed by atoms with Crippen molar-refractivity contribution in [1.29, 1.82) is 0 Å². The molecule has 1 aromatic heterocycles. The summed E-state index contributed by atoms with van der Waals surface area (Å²) in [6.45, 7) is 6.38. The van der Waals surface area contributed by atoms with Crippen molar-refractivity contribution in [3.63, 3.8) is 0 Å². The summed E-state index contributed by atoms with van der Waals surface area (Å²) in [6.07, 6.45) is -5.64. The van der Waals surface area contributed by atoms with E-state index in [1.165, 1.54) is 6.20 Å². The molecule has 0 fully saturated rings. The lowest BCUT2D eigenvalue weighted by Crippen LogP contribution is -2.38. The van der Waals surface area contributed by atoms with Crippen LogP contribution < -0.4 is 10.6 Å². The molecule has 0 N–H and O–H groups in total. The molecule has 0 unspecified atom stereocenters. The number of aromatic nitrogens is 2. The van der Waals surface area contributed by atoms with Crippen LogP contribution in [-0.4, -0.2) is 21.9 Å². The Morgan fingerprint density at radius 3 is 2.12 bits per heavy atom. The molecule has 0 aliphatic carbocycles. The fraction of sp³-hybridized carbons (Fsp3) is 0.444. The van der Waals surface area contributed by atoms with Crippen molar-refractivity contribution in [3.05, 3.63) is 16.8 Å². The lowest BCUT2D eigenvalue weighted by molar-refractivity contribution is -0.285. The molecule has 0 amide bonds. The van der Waals surface area contributed by atoms with E-state index in [-0.39, 0.29) is 5.35 Å². The third-order valence-electron chi connectivity index (χ3n) is 2.09. The van der Waals surface area contributed by atoms with Gasteiger partial charge in [0.05, 0.1) is 11.5 Å². The zero-order chi connectivity index (χ0) is 12.6. The predicted octanol–water partition coefficient (Wildman–Crippen LogP) is 1.29. The quantitative estimate of drug-likeness (QED) is 0.728. The van der Waals surface area contributed by atoms with E-state index in [0.717, 1.165) is 4.68 Å². The minimum atomic E-state index is -5.53. The van der Waals surface area contributed by atoms with Crippen LogP contribution in [0.2, 0.25) is 0 Å². The molecule has 0 atom stereocenters. The highest BCUT2D eigenvalue weighted by atomic mass is 19.4. The summed E-state index contributed by atoms with van der Waals surface area (Å²) in [4.78, 5) is 0. The standard InChI is InChI=1S/C9H9F5N2/c1-6-5-15-16(7(6)2)4-3-8(10,11)9(12,13)14/h5H,1-4H2. The Bertz CT molecular complexity index is 459.